The first-order chi connectivity index (χ1) is 17.3. The maximum absolute atomic E-state index is 13.6. The minimum atomic E-state index is -0.830. The zero-order valence-corrected chi connectivity index (χ0v) is 21.9. The van der Waals surface area contributed by atoms with Crippen LogP contribution in [0.1, 0.15) is 12.0 Å². The molecule has 36 heavy (non-hydrogen) atoms. The molecule has 0 unspecified atom stereocenters. The standard InChI is InChI=1S/C26H23Cl2N3O4S/c1-34-22-12-7-16(13-23(22)35-2)15-30-21(14-24(32)29-20-6-4-3-5-19(20)28)25(33)31(26(30)36)18-10-8-17(27)9-11-18/h3-13,21H,14-15H2,1-2H3,(H,29,32)/t21-/m0/s1. The Morgan fingerprint density at radius 2 is 1.69 bits per heavy atom. The second-order valence-electron chi connectivity index (χ2n) is 8.00. The van der Waals surface area contributed by atoms with Gasteiger partial charge in [0, 0.05) is 11.6 Å². The molecule has 1 atom stereocenters. The normalized spacial score (nSPS) is 15.3. The van der Waals surface area contributed by atoms with Gasteiger partial charge in [0.05, 0.1) is 37.0 Å². The molecule has 0 aliphatic carbocycles. The van der Waals surface area contributed by atoms with Crippen LogP contribution >= 0.6 is 35.4 Å². The largest absolute Gasteiger partial charge is 0.493 e. The quantitative estimate of drug-likeness (QED) is 0.376. The van der Waals surface area contributed by atoms with Gasteiger partial charge in [0.15, 0.2) is 16.6 Å². The summed E-state index contributed by atoms with van der Waals surface area (Å²) in [7, 11) is 3.11. The summed E-state index contributed by atoms with van der Waals surface area (Å²) >= 11 is 18.0. The summed E-state index contributed by atoms with van der Waals surface area (Å²) in [4.78, 5) is 29.7. The molecule has 1 aliphatic rings. The molecule has 186 valence electrons. The Morgan fingerprint density at radius 3 is 2.36 bits per heavy atom. The number of anilines is 2. The van der Waals surface area contributed by atoms with E-state index < -0.39 is 6.04 Å². The first kappa shape index (κ1) is 25.8. The molecule has 0 saturated carbocycles. The molecule has 0 radical (unpaired) electrons. The highest BCUT2D eigenvalue weighted by molar-refractivity contribution is 7.80. The molecule has 1 heterocycles. The predicted molar refractivity (Wildman–Crippen MR) is 145 cm³/mol. The summed E-state index contributed by atoms with van der Waals surface area (Å²) in [5.41, 5.74) is 1.87. The van der Waals surface area contributed by atoms with Crippen LogP contribution in [0.3, 0.4) is 0 Å². The molecule has 1 N–H and O–H groups in total. The molecule has 3 aromatic carbocycles. The van der Waals surface area contributed by atoms with E-state index in [0.29, 0.717) is 32.9 Å². The summed E-state index contributed by atoms with van der Waals surface area (Å²) in [5, 5.41) is 4.01. The van der Waals surface area contributed by atoms with E-state index in [1.54, 1.807) is 73.7 Å². The maximum Gasteiger partial charge on any atom is 0.256 e. The smallest absolute Gasteiger partial charge is 0.256 e. The molecule has 3 aromatic rings. The molecule has 7 nitrogen and oxygen atoms in total. The molecule has 1 fully saturated rings. The monoisotopic (exact) mass is 543 g/mol. The Labute approximate surface area is 224 Å². The fraction of sp³-hybridized carbons (Fsp3) is 0.192. The van der Waals surface area contributed by atoms with Crippen molar-refractivity contribution in [1.82, 2.24) is 4.90 Å². The van der Waals surface area contributed by atoms with Gasteiger partial charge in [-0.2, -0.15) is 0 Å². The van der Waals surface area contributed by atoms with E-state index in [1.165, 1.54) is 4.90 Å². The van der Waals surface area contributed by atoms with Gasteiger partial charge < -0.3 is 19.7 Å². The third kappa shape index (κ3) is 5.41. The highest BCUT2D eigenvalue weighted by atomic mass is 35.5. The Balaban J connectivity index is 1.64. The van der Waals surface area contributed by atoms with Crippen LogP contribution in [0.25, 0.3) is 0 Å². The number of nitrogens with one attached hydrogen (secondary N) is 1. The number of thiocarbonyl (C=S) groups is 1. The molecule has 1 aliphatic heterocycles. The van der Waals surface area contributed by atoms with Crippen molar-refractivity contribution in [3.05, 3.63) is 82.3 Å². The van der Waals surface area contributed by atoms with Gasteiger partial charge in [-0.3, -0.25) is 14.5 Å². The van der Waals surface area contributed by atoms with E-state index in [2.05, 4.69) is 5.32 Å². The summed E-state index contributed by atoms with van der Waals surface area (Å²) in [6.45, 7) is 0.277. The van der Waals surface area contributed by atoms with Crippen LogP contribution in [-0.4, -0.2) is 42.1 Å². The minimum absolute atomic E-state index is 0.123. The number of halogens is 2. The highest BCUT2D eigenvalue weighted by Crippen LogP contribution is 2.32. The molecule has 0 aromatic heterocycles. The van der Waals surface area contributed by atoms with E-state index in [0.717, 1.165) is 5.56 Å². The Kier molecular flexibility index (Phi) is 7.98. The number of carbonyl (C=O) groups excluding carboxylic acids is 2. The predicted octanol–water partition coefficient (Wildman–Crippen LogP) is 5.54. The van der Waals surface area contributed by atoms with Gasteiger partial charge in [0.25, 0.3) is 5.91 Å². The molecule has 4 rings (SSSR count). The van der Waals surface area contributed by atoms with Gasteiger partial charge >= 0.3 is 0 Å². The number of ether oxygens (including phenoxy) is 2. The minimum Gasteiger partial charge on any atom is -0.493 e. The second kappa shape index (κ2) is 11.2. The topological polar surface area (TPSA) is 71.1 Å². The van der Waals surface area contributed by atoms with Crippen LogP contribution < -0.4 is 19.7 Å². The van der Waals surface area contributed by atoms with E-state index >= 15 is 0 Å². The van der Waals surface area contributed by atoms with Crippen molar-refractivity contribution in [2.45, 2.75) is 19.0 Å². The van der Waals surface area contributed by atoms with E-state index in [9.17, 15) is 9.59 Å². The SMILES string of the molecule is COc1ccc(CN2C(=S)N(c3ccc(Cl)cc3)C(=O)[C@@H]2CC(=O)Nc2ccccc2Cl)cc1OC. The third-order valence-electron chi connectivity index (χ3n) is 5.73. The van der Waals surface area contributed by atoms with Crippen molar-refractivity contribution >= 4 is 63.7 Å². The number of methoxy groups -OCH3 is 2. The summed E-state index contributed by atoms with van der Waals surface area (Å²) in [6.07, 6.45) is -0.123. The zero-order chi connectivity index (χ0) is 25.8. The lowest BCUT2D eigenvalue weighted by Crippen LogP contribution is -2.37. The van der Waals surface area contributed by atoms with Crippen LogP contribution in [0.2, 0.25) is 10.0 Å². The zero-order valence-electron chi connectivity index (χ0n) is 19.5. The summed E-state index contributed by atoms with van der Waals surface area (Å²) in [5.74, 6) is 0.463. The molecule has 1 saturated heterocycles. The fourth-order valence-corrected chi connectivity index (χ4v) is 4.65. The molecule has 2 amide bonds. The number of amides is 2. The van der Waals surface area contributed by atoms with Crippen molar-refractivity contribution in [3.63, 3.8) is 0 Å². The van der Waals surface area contributed by atoms with Crippen molar-refractivity contribution in [2.24, 2.45) is 0 Å². The van der Waals surface area contributed by atoms with Crippen LogP contribution in [0.4, 0.5) is 11.4 Å². The molecule has 10 heteroatoms. The number of nitrogens with zero attached hydrogens (tertiary/aromatic N) is 2. The van der Waals surface area contributed by atoms with Crippen LogP contribution in [0, 0.1) is 0 Å². The van der Waals surface area contributed by atoms with Crippen molar-refractivity contribution in [1.29, 1.82) is 0 Å². The Morgan fingerprint density at radius 1 is 1.00 bits per heavy atom. The van der Waals surface area contributed by atoms with E-state index in [1.807, 2.05) is 12.1 Å². The van der Waals surface area contributed by atoms with E-state index in [4.69, 9.17) is 44.9 Å². The maximum atomic E-state index is 13.6. The Hall–Kier alpha value is -3.33. The first-order valence-corrected chi connectivity index (χ1v) is 12.1. The van der Waals surface area contributed by atoms with Crippen molar-refractivity contribution < 1.29 is 19.1 Å². The molecular formula is C26H23Cl2N3O4S. The lowest BCUT2D eigenvalue weighted by atomic mass is 10.1. The fourth-order valence-electron chi connectivity index (χ4n) is 3.96. The molecule has 0 spiro atoms. The first-order valence-electron chi connectivity index (χ1n) is 11.0. The van der Waals surface area contributed by atoms with Crippen molar-refractivity contribution in [3.8, 4) is 11.5 Å². The van der Waals surface area contributed by atoms with Crippen molar-refractivity contribution in [2.75, 3.05) is 24.4 Å². The van der Waals surface area contributed by atoms with Crippen LogP contribution in [0.15, 0.2) is 66.7 Å². The Bertz CT molecular complexity index is 1300. The lowest BCUT2D eigenvalue weighted by molar-refractivity contribution is -0.124. The van der Waals surface area contributed by atoms with Crippen LogP contribution in [0.5, 0.6) is 11.5 Å². The summed E-state index contributed by atoms with van der Waals surface area (Å²) < 4.78 is 10.7. The number of hydrogen-bond donors (Lipinski definition) is 1. The number of para-hydroxylation sites is 1. The number of benzene rings is 3. The lowest BCUT2D eigenvalue weighted by Gasteiger charge is -2.24. The summed E-state index contributed by atoms with van der Waals surface area (Å²) in [6, 6.07) is 18.3. The number of hydrogen-bond acceptors (Lipinski definition) is 5. The third-order valence-corrected chi connectivity index (χ3v) is 6.73. The van der Waals surface area contributed by atoms with Gasteiger partial charge in [0.1, 0.15) is 6.04 Å². The van der Waals surface area contributed by atoms with E-state index in [-0.39, 0.29) is 29.9 Å². The van der Waals surface area contributed by atoms with Crippen LogP contribution in [-0.2, 0) is 16.1 Å². The average molecular weight is 544 g/mol. The van der Waals surface area contributed by atoms with Gasteiger partial charge in [-0.1, -0.05) is 41.4 Å². The highest BCUT2D eigenvalue weighted by Gasteiger charge is 2.44. The molecule has 0 bridgehead atoms. The number of carbonyl (C=O) groups is 2. The van der Waals surface area contributed by atoms with Gasteiger partial charge in [0.2, 0.25) is 5.91 Å². The molecular weight excluding hydrogens is 521 g/mol. The average Bonchev–Trinajstić information content (AvgIpc) is 3.09. The van der Waals surface area contributed by atoms with Gasteiger partial charge in [-0.05, 0) is 66.3 Å². The van der Waals surface area contributed by atoms with Gasteiger partial charge in [-0.15, -0.1) is 0 Å². The van der Waals surface area contributed by atoms with Gasteiger partial charge in [-0.25, -0.2) is 0 Å². The second-order valence-corrected chi connectivity index (χ2v) is 9.21. The number of rotatable bonds is 8.